The van der Waals surface area contributed by atoms with Crippen LogP contribution in [-0.2, 0) is 10.0 Å². The molecule has 0 heterocycles. The third-order valence-corrected chi connectivity index (χ3v) is 5.39. The molecule has 1 aromatic rings. The highest BCUT2D eigenvalue weighted by Gasteiger charge is 2.28. The highest BCUT2D eigenvalue weighted by atomic mass is 32.2. The summed E-state index contributed by atoms with van der Waals surface area (Å²) in [7, 11) is -3.70. The van der Waals surface area contributed by atoms with Gasteiger partial charge in [-0.2, -0.15) is 0 Å². The number of non-ortho nitro benzene ring substituents is 1. The maximum absolute atomic E-state index is 12.3. The maximum Gasteiger partial charge on any atom is 0.269 e. The highest BCUT2D eigenvalue weighted by Crippen LogP contribution is 2.28. The zero-order chi connectivity index (χ0) is 15.5. The molecule has 0 saturated heterocycles. The Morgan fingerprint density at radius 3 is 2.33 bits per heavy atom. The molecule has 1 fully saturated rings. The Morgan fingerprint density at radius 2 is 1.86 bits per heavy atom. The number of nitrogens with zero attached hydrogens (tertiary/aromatic N) is 1. The van der Waals surface area contributed by atoms with Gasteiger partial charge in [0.15, 0.2) is 0 Å². The van der Waals surface area contributed by atoms with Crippen molar-refractivity contribution in [1.82, 2.24) is 4.72 Å². The van der Waals surface area contributed by atoms with Crippen molar-refractivity contribution in [2.45, 2.75) is 36.6 Å². The molecule has 1 aliphatic carbocycles. The summed E-state index contributed by atoms with van der Waals surface area (Å²) in [6.07, 6.45) is 4.15. The SMILES string of the molecule is NCC(NS(=O)(=O)c1ccc([N+](=O)[O-])cc1)C1CCCC1. The topological polar surface area (TPSA) is 115 Å². The summed E-state index contributed by atoms with van der Waals surface area (Å²) in [5.74, 6) is 0.267. The van der Waals surface area contributed by atoms with Crippen LogP contribution in [0.2, 0.25) is 0 Å². The molecule has 1 aliphatic rings. The molecular formula is C13H19N3O4S. The number of benzene rings is 1. The second-order valence-corrected chi connectivity index (χ2v) is 6.97. The number of hydrogen-bond acceptors (Lipinski definition) is 5. The third kappa shape index (κ3) is 3.78. The minimum atomic E-state index is -3.70. The van der Waals surface area contributed by atoms with E-state index in [9.17, 15) is 18.5 Å². The van der Waals surface area contributed by atoms with Gasteiger partial charge in [0.2, 0.25) is 10.0 Å². The second-order valence-electron chi connectivity index (χ2n) is 5.26. The first-order valence-electron chi connectivity index (χ1n) is 6.91. The van der Waals surface area contributed by atoms with Crippen molar-refractivity contribution in [3.8, 4) is 0 Å². The lowest BCUT2D eigenvalue weighted by Gasteiger charge is -2.22. The average Bonchev–Trinajstić information content (AvgIpc) is 2.99. The minimum absolute atomic E-state index is 0.0181. The van der Waals surface area contributed by atoms with E-state index in [0.717, 1.165) is 25.7 Å². The summed E-state index contributed by atoms with van der Waals surface area (Å²) in [6, 6.07) is 4.56. The van der Waals surface area contributed by atoms with Gasteiger partial charge in [-0.05, 0) is 30.9 Å². The highest BCUT2D eigenvalue weighted by molar-refractivity contribution is 7.89. The van der Waals surface area contributed by atoms with E-state index in [-0.39, 0.29) is 29.1 Å². The zero-order valence-electron chi connectivity index (χ0n) is 11.6. The first-order chi connectivity index (χ1) is 9.94. The standard InChI is InChI=1S/C13H19N3O4S/c14-9-13(10-3-1-2-4-10)15-21(19,20)12-7-5-11(6-8-12)16(17)18/h5-8,10,13,15H,1-4,9,14H2. The monoisotopic (exact) mass is 313 g/mol. The number of nitrogens with two attached hydrogens (primary N) is 1. The average molecular weight is 313 g/mol. The fourth-order valence-corrected chi connectivity index (χ4v) is 4.03. The molecule has 0 bridgehead atoms. The van der Waals surface area contributed by atoms with Crippen LogP contribution in [0.15, 0.2) is 29.2 Å². The molecule has 2 rings (SSSR count). The lowest BCUT2D eigenvalue weighted by molar-refractivity contribution is -0.384. The number of nitro groups is 1. The number of hydrogen-bond donors (Lipinski definition) is 2. The van der Waals surface area contributed by atoms with E-state index < -0.39 is 14.9 Å². The van der Waals surface area contributed by atoms with Crippen LogP contribution in [-0.4, -0.2) is 25.9 Å². The van der Waals surface area contributed by atoms with Crippen LogP contribution in [0.1, 0.15) is 25.7 Å². The van der Waals surface area contributed by atoms with E-state index in [4.69, 9.17) is 5.73 Å². The lowest BCUT2D eigenvalue weighted by atomic mass is 9.99. The van der Waals surface area contributed by atoms with Gasteiger partial charge in [0.25, 0.3) is 5.69 Å². The van der Waals surface area contributed by atoms with Crippen molar-refractivity contribution in [3.05, 3.63) is 34.4 Å². The fourth-order valence-electron chi connectivity index (χ4n) is 2.71. The summed E-state index contributed by atoms with van der Waals surface area (Å²) < 4.78 is 27.2. The Balaban J connectivity index is 2.14. The van der Waals surface area contributed by atoms with Crippen molar-refractivity contribution in [1.29, 1.82) is 0 Å². The number of nitrogens with one attached hydrogen (secondary N) is 1. The molecular weight excluding hydrogens is 294 g/mol. The Hall–Kier alpha value is -1.51. The van der Waals surface area contributed by atoms with E-state index in [1.54, 1.807) is 0 Å². The molecule has 1 atom stereocenters. The van der Waals surface area contributed by atoms with Crippen molar-refractivity contribution >= 4 is 15.7 Å². The van der Waals surface area contributed by atoms with Gasteiger partial charge in [-0.25, -0.2) is 13.1 Å². The summed E-state index contributed by atoms with van der Waals surface area (Å²) >= 11 is 0. The van der Waals surface area contributed by atoms with Crippen LogP contribution in [0.5, 0.6) is 0 Å². The molecule has 3 N–H and O–H groups in total. The molecule has 8 heteroatoms. The van der Waals surface area contributed by atoms with Crippen LogP contribution >= 0.6 is 0 Å². The van der Waals surface area contributed by atoms with Gasteiger partial charge in [-0.15, -0.1) is 0 Å². The first-order valence-corrected chi connectivity index (χ1v) is 8.39. The van der Waals surface area contributed by atoms with Gasteiger partial charge in [0, 0.05) is 24.7 Å². The van der Waals surface area contributed by atoms with E-state index in [0.29, 0.717) is 0 Å². The summed E-state index contributed by atoms with van der Waals surface area (Å²) in [5, 5.41) is 10.6. The largest absolute Gasteiger partial charge is 0.329 e. The van der Waals surface area contributed by atoms with Crippen LogP contribution in [0.4, 0.5) is 5.69 Å². The number of rotatable bonds is 6. The van der Waals surface area contributed by atoms with E-state index in [1.807, 2.05) is 0 Å². The summed E-state index contributed by atoms with van der Waals surface area (Å²) in [6.45, 7) is 0.247. The lowest BCUT2D eigenvalue weighted by Crippen LogP contribution is -2.44. The Morgan fingerprint density at radius 1 is 1.29 bits per heavy atom. The number of sulfonamides is 1. The molecule has 0 aromatic heterocycles. The first kappa shape index (κ1) is 15.9. The molecule has 116 valence electrons. The minimum Gasteiger partial charge on any atom is -0.329 e. The van der Waals surface area contributed by atoms with Crippen LogP contribution in [0.3, 0.4) is 0 Å². The smallest absolute Gasteiger partial charge is 0.269 e. The molecule has 21 heavy (non-hydrogen) atoms. The van der Waals surface area contributed by atoms with Gasteiger partial charge in [0.1, 0.15) is 0 Å². The fraction of sp³-hybridized carbons (Fsp3) is 0.538. The molecule has 1 aromatic carbocycles. The van der Waals surface area contributed by atoms with E-state index in [1.165, 1.54) is 24.3 Å². The second kappa shape index (κ2) is 6.50. The van der Waals surface area contributed by atoms with Gasteiger partial charge >= 0.3 is 0 Å². The van der Waals surface area contributed by atoms with Gasteiger partial charge < -0.3 is 5.73 Å². The van der Waals surface area contributed by atoms with Crippen LogP contribution < -0.4 is 10.5 Å². The Labute approximate surface area is 123 Å². The molecule has 0 amide bonds. The molecule has 1 saturated carbocycles. The zero-order valence-corrected chi connectivity index (χ0v) is 12.4. The van der Waals surface area contributed by atoms with Crippen LogP contribution in [0, 0.1) is 16.0 Å². The van der Waals surface area contributed by atoms with E-state index in [2.05, 4.69) is 4.72 Å². The van der Waals surface area contributed by atoms with Gasteiger partial charge in [0.05, 0.1) is 9.82 Å². The van der Waals surface area contributed by atoms with Crippen molar-refractivity contribution in [2.24, 2.45) is 11.7 Å². The Kier molecular flexibility index (Phi) is 4.92. The third-order valence-electron chi connectivity index (χ3n) is 3.89. The van der Waals surface area contributed by atoms with E-state index >= 15 is 0 Å². The molecule has 7 nitrogen and oxygen atoms in total. The molecule has 0 spiro atoms. The summed E-state index contributed by atoms with van der Waals surface area (Å²) in [4.78, 5) is 10.0. The van der Waals surface area contributed by atoms with Crippen molar-refractivity contribution in [3.63, 3.8) is 0 Å². The predicted octanol–water partition coefficient (Wildman–Crippen LogP) is 1.39. The van der Waals surface area contributed by atoms with Crippen molar-refractivity contribution < 1.29 is 13.3 Å². The Bertz CT molecular complexity index is 594. The predicted molar refractivity (Wildman–Crippen MR) is 78.2 cm³/mol. The summed E-state index contributed by atoms with van der Waals surface area (Å²) in [5.41, 5.74) is 5.55. The normalized spacial score (nSPS) is 17.8. The quantitative estimate of drug-likeness (QED) is 0.608. The molecule has 1 unspecified atom stereocenters. The maximum atomic E-state index is 12.3. The van der Waals surface area contributed by atoms with Crippen molar-refractivity contribution in [2.75, 3.05) is 6.54 Å². The molecule has 0 radical (unpaired) electrons. The van der Waals surface area contributed by atoms with Gasteiger partial charge in [-0.1, -0.05) is 12.8 Å². The van der Waals surface area contributed by atoms with Crippen LogP contribution in [0.25, 0.3) is 0 Å². The molecule has 0 aliphatic heterocycles. The number of nitro benzene ring substituents is 1. The van der Waals surface area contributed by atoms with Gasteiger partial charge in [-0.3, -0.25) is 10.1 Å².